The highest BCUT2D eigenvalue weighted by atomic mass is 35.5. The zero-order chi connectivity index (χ0) is 10.8. The Balaban J connectivity index is 2.08. The fourth-order valence-corrected chi connectivity index (χ4v) is 1.99. The number of alkyl halides is 1. The Labute approximate surface area is 92.3 Å². The lowest BCUT2D eigenvalue weighted by molar-refractivity contribution is -0.127. The van der Waals surface area contributed by atoms with Gasteiger partial charge in [0.25, 0.3) is 0 Å². The van der Waals surface area contributed by atoms with Crippen molar-refractivity contribution < 1.29 is 9.90 Å². The van der Waals surface area contributed by atoms with Crippen LogP contribution in [0.15, 0.2) is 18.7 Å². The summed E-state index contributed by atoms with van der Waals surface area (Å²) < 4.78 is 1.81. The zero-order valence-corrected chi connectivity index (χ0v) is 8.84. The molecule has 0 saturated carbocycles. The van der Waals surface area contributed by atoms with Crippen molar-refractivity contribution in [1.29, 1.82) is 0 Å². The number of nitrogens with zero attached hydrogens (tertiary/aromatic N) is 3. The molecule has 82 valence electrons. The molecule has 0 radical (unpaired) electrons. The van der Waals surface area contributed by atoms with Crippen molar-refractivity contribution in [2.75, 3.05) is 19.0 Å². The van der Waals surface area contributed by atoms with E-state index in [9.17, 15) is 9.90 Å². The van der Waals surface area contributed by atoms with Gasteiger partial charge in [0.05, 0.1) is 18.5 Å². The van der Waals surface area contributed by atoms with E-state index < -0.39 is 6.10 Å². The third-order valence-electron chi connectivity index (χ3n) is 2.63. The quantitative estimate of drug-likeness (QED) is 0.719. The number of imidazole rings is 1. The Morgan fingerprint density at radius 1 is 1.60 bits per heavy atom. The molecule has 1 fully saturated rings. The van der Waals surface area contributed by atoms with Crippen molar-refractivity contribution in [2.45, 2.75) is 12.1 Å². The number of aliphatic hydroxyl groups excluding tert-OH is 1. The first kappa shape index (κ1) is 10.4. The molecule has 0 aromatic carbocycles. The minimum Gasteiger partial charge on any atom is -0.389 e. The van der Waals surface area contributed by atoms with Crippen LogP contribution in [0, 0.1) is 0 Å². The number of β-amino-alcohol motifs (C(OH)–C–C–N with tert-alkyl or cyclic N) is 1. The van der Waals surface area contributed by atoms with Crippen molar-refractivity contribution in [2.24, 2.45) is 0 Å². The van der Waals surface area contributed by atoms with Crippen LogP contribution in [0.4, 0.5) is 0 Å². The molecule has 0 bridgehead atoms. The number of carbonyl (C=O) groups excluding carboxylic acids is 1. The Kier molecular flexibility index (Phi) is 2.93. The van der Waals surface area contributed by atoms with Crippen molar-refractivity contribution in [3.05, 3.63) is 18.7 Å². The Morgan fingerprint density at radius 3 is 3.00 bits per heavy atom. The molecule has 1 N–H and O–H groups in total. The molecule has 1 aromatic heterocycles. The number of likely N-dealkylation sites (tertiary alicyclic amines) is 1. The molecular formula is C9H12ClN3O2. The van der Waals surface area contributed by atoms with E-state index in [0.717, 1.165) is 0 Å². The molecule has 1 saturated heterocycles. The van der Waals surface area contributed by atoms with Gasteiger partial charge in [0.15, 0.2) is 0 Å². The fraction of sp³-hybridized carbons (Fsp3) is 0.556. The van der Waals surface area contributed by atoms with Gasteiger partial charge in [-0.25, -0.2) is 4.98 Å². The average Bonchev–Trinajstić information content (AvgIpc) is 2.84. The van der Waals surface area contributed by atoms with Gasteiger partial charge in [0.1, 0.15) is 5.88 Å². The lowest BCUT2D eigenvalue weighted by atomic mass is 10.2. The van der Waals surface area contributed by atoms with E-state index in [1.54, 1.807) is 23.6 Å². The van der Waals surface area contributed by atoms with Crippen LogP contribution >= 0.6 is 11.6 Å². The highest BCUT2D eigenvalue weighted by molar-refractivity contribution is 6.27. The van der Waals surface area contributed by atoms with E-state index in [1.165, 1.54) is 0 Å². The summed E-state index contributed by atoms with van der Waals surface area (Å²) in [6.07, 6.45) is 4.52. The van der Waals surface area contributed by atoms with Gasteiger partial charge in [-0.05, 0) is 0 Å². The second kappa shape index (κ2) is 4.20. The van der Waals surface area contributed by atoms with E-state index in [1.807, 2.05) is 4.57 Å². The van der Waals surface area contributed by atoms with E-state index in [4.69, 9.17) is 11.6 Å². The number of aliphatic hydroxyl groups is 1. The average molecular weight is 230 g/mol. The summed E-state index contributed by atoms with van der Waals surface area (Å²) in [5, 5.41) is 9.79. The maximum Gasteiger partial charge on any atom is 0.237 e. The molecule has 2 rings (SSSR count). The summed E-state index contributed by atoms with van der Waals surface area (Å²) in [5.41, 5.74) is 0. The summed E-state index contributed by atoms with van der Waals surface area (Å²) in [7, 11) is 0. The molecule has 5 nitrogen and oxygen atoms in total. The summed E-state index contributed by atoms with van der Waals surface area (Å²) >= 11 is 5.46. The SMILES string of the molecule is O=C(CCl)N1C[C@@H](O)[C@H](n2ccnc2)C1. The minimum atomic E-state index is -0.550. The lowest BCUT2D eigenvalue weighted by Crippen LogP contribution is -2.30. The van der Waals surface area contributed by atoms with Gasteiger partial charge in [-0.2, -0.15) is 0 Å². The maximum atomic E-state index is 11.3. The molecule has 1 aliphatic rings. The number of aromatic nitrogens is 2. The Bertz CT molecular complexity index is 341. The van der Waals surface area contributed by atoms with E-state index in [2.05, 4.69) is 4.98 Å². The number of carbonyl (C=O) groups is 1. The van der Waals surface area contributed by atoms with Crippen LogP contribution in [-0.2, 0) is 4.79 Å². The minimum absolute atomic E-state index is 0.0383. The third-order valence-corrected chi connectivity index (χ3v) is 2.86. The largest absolute Gasteiger partial charge is 0.389 e. The number of hydrogen-bond acceptors (Lipinski definition) is 3. The van der Waals surface area contributed by atoms with Gasteiger partial charge >= 0.3 is 0 Å². The van der Waals surface area contributed by atoms with Gasteiger partial charge in [0.2, 0.25) is 5.91 Å². The maximum absolute atomic E-state index is 11.3. The first-order chi connectivity index (χ1) is 7.22. The third kappa shape index (κ3) is 1.98. The summed E-state index contributed by atoms with van der Waals surface area (Å²) in [6.45, 7) is 0.831. The summed E-state index contributed by atoms with van der Waals surface area (Å²) in [4.78, 5) is 16.8. The standard InChI is InChI=1S/C9H12ClN3O2/c10-3-9(15)13-4-7(8(14)5-13)12-2-1-11-6-12/h1-2,6-8,14H,3-5H2/t7-,8-/m1/s1. The van der Waals surface area contributed by atoms with Crippen LogP contribution in [0.3, 0.4) is 0 Å². The highest BCUT2D eigenvalue weighted by Gasteiger charge is 2.34. The van der Waals surface area contributed by atoms with Gasteiger partial charge in [0, 0.05) is 25.5 Å². The smallest absolute Gasteiger partial charge is 0.237 e. The summed E-state index contributed by atoms with van der Waals surface area (Å²) in [6, 6.07) is -0.111. The predicted octanol–water partition coefficient (Wildman–Crippen LogP) is -0.134. The molecule has 0 spiro atoms. The van der Waals surface area contributed by atoms with Crippen molar-refractivity contribution in [3.63, 3.8) is 0 Å². The van der Waals surface area contributed by atoms with Crippen LogP contribution in [0.2, 0.25) is 0 Å². The molecule has 1 aliphatic heterocycles. The molecule has 1 aromatic rings. The normalized spacial score (nSPS) is 25.9. The first-order valence-electron chi connectivity index (χ1n) is 4.71. The van der Waals surface area contributed by atoms with E-state index >= 15 is 0 Å². The summed E-state index contributed by atoms with van der Waals surface area (Å²) in [5.74, 6) is -0.179. The molecule has 2 atom stereocenters. The molecule has 6 heteroatoms. The lowest BCUT2D eigenvalue weighted by Gasteiger charge is -2.15. The molecular weight excluding hydrogens is 218 g/mol. The van der Waals surface area contributed by atoms with Gasteiger partial charge in [-0.3, -0.25) is 4.79 Å². The molecule has 0 aliphatic carbocycles. The molecule has 15 heavy (non-hydrogen) atoms. The number of amides is 1. The highest BCUT2D eigenvalue weighted by Crippen LogP contribution is 2.21. The van der Waals surface area contributed by atoms with Gasteiger partial charge < -0.3 is 14.6 Å². The topological polar surface area (TPSA) is 58.4 Å². The second-order valence-corrected chi connectivity index (χ2v) is 3.84. The number of halogens is 1. The van der Waals surface area contributed by atoms with Crippen LogP contribution in [0.5, 0.6) is 0 Å². The van der Waals surface area contributed by atoms with E-state index in [-0.39, 0.29) is 17.8 Å². The zero-order valence-electron chi connectivity index (χ0n) is 8.08. The van der Waals surface area contributed by atoms with Crippen molar-refractivity contribution in [3.8, 4) is 0 Å². The van der Waals surface area contributed by atoms with Crippen LogP contribution < -0.4 is 0 Å². The van der Waals surface area contributed by atoms with Gasteiger partial charge in [-0.1, -0.05) is 0 Å². The van der Waals surface area contributed by atoms with Crippen molar-refractivity contribution in [1.82, 2.24) is 14.5 Å². The van der Waals surface area contributed by atoms with Crippen LogP contribution in [-0.4, -0.2) is 50.5 Å². The van der Waals surface area contributed by atoms with Gasteiger partial charge in [-0.15, -0.1) is 11.6 Å². The molecule has 0 unspecified atom stereocenters. The predicted molar refractivity (Wildman–Crippen MR) is 54.6 cm³/mol. The number of rotatable bonds is 2. The van der Waals surface area contributed by atoms with Crippen LogP contribution in [0.1, 0.15) is 6.04 Å². The molecule has 1 amide bonds. The molecule has 2 heterocycles. The van der Waals surface area contributed by atoms with Crippen molar-refractivity contribution >= 4 is 17.5 Å². The fourth-order valence-electron chi connectivity index (χ4n) is 1.82. The monoisotopic (exact) mass is 229 g/mol. The Morgan fingerprint density at radius 2 is 2.40 bits per heavy atom. The first-order valence-corrected chi connectivity index (χ1v) is 5.25. The van der Waals surface area contributed by atoms with Crippen LogP contribution in [0.25, 0.3) is 0 Å². The Hall–Kier alpha value is -1.07. The number of hydrogen-bond donors (Lipinski definition) is 1. The second-order valence-electron chi connectivity index (χ2n) is 3.58. The van der Waals surface area contributed by atoms with E-state index in [0.29, 0.717) is 13.1 Å².